The Bertz CT molecular complexity index is 257. The van der Waals surface area contributed by atoms with Gasteiger partial charge in [-0.3, -0.25) is 4.79 Å². The van der Waals surface area contributed by atoms with Crippen molar-refractivity contribution < 1.29 is 4.79 Å². The number of amides is 1. The summed E-state index contributed by atoms with van der Waals surface area (Å²) in [5, 5.41) is 0. The highest BCUT2D eigenvalue weighted by atomic mass is 32.2. The van der Waals surface area contributed by atoms with E-state index in [9.17, 15) is 4.79 Å². The maximum atomic E-state index is 11.5. The van der Waals surface area contributed by atoms with E-state index in [1.54, 1.807) is 18.0 Å². The van der Waals surface area contributed by atoms with E-state index < -0.39 is 0 Å². The number of hydrogen-bond acceptors (Lipinski definition) is 3. The Morgan fingerprint density at radius 2 is 2.38 bits per heavy atom. The zero-order valence-corrected chi connectivity index (χ0v) is 10.9. The Labute approximate surface area is 103 Å². The van der Waals surface area contributed by atoms with Gasteiger partial charge in [-0.05, 0) is 12.8 Å². The van der Waals surface area contributed by atoms with Gasteiger partial charge in [-0.2, -0.15) is 0 Å². The van der Waals surface area contributed by atoms with Gasteiger partial charge < -0.3 is 5.73 Å². The van der Waals surface area contributed by atoms with Gasteiger partial charge in [0.25, 0.3) is 0 Å². The molecule has 1 aliphatic heterocycles. The number of carbonyl (C=O) groups excluding carboxylic acids is 1. The van der Waals surface area contributed by atoms with Gasteiger partial charge in [-0.15, -0.1) is 6.58 Å². The minimum atomic E-state index is -0.376. The SMILES string of the molecule is C=CCC1(C(N)=O)CSN(CCCCC)C1. The quantitative estimate of drug-likeness (QED) is 0.423. The second-order valence-electron chi connectivity index (χ2n) is 4.48. The van der Waals surface area contributed by atoms with Gasteiger partial charge in [0, 0.05) is 18.8 Å². The van der Waals surface area contributed by atoms with Crippen LogP contribution in [0.5, 0.6) is 0 Å². The standard InChI is InChI=1S/C12H22N2OS/c1-3-5-6-8-14-9-12(7-4-2,10-16-14)11(13)15/h4H,2-3,5-10H2,1H3,(H2,13,15). The largest absolute Gasteiger partial charge is 0.369 e. The maximum absolute atomic E-state index is 11.5. The average molecular weight is 242 g/mol. The predicted octanol–water partition coefficient (Wildman–Crippen LogP) is 2.19. The summed E-state index contributed by atoms with van der Waals surface area (Å²) >= 11 is 1.75. The summed E-state index contributed by atoms with van der Waals surface area (Å²) in [6, 6.07) is 0. The number of nitrogens with two attached hydrogens (primary N) is 1. The molecule has 4 heteroatoms. The van der Waals surface area contributed by atoms with Crippen LogP contribution in [0.2, 0.25) is 0 Å². The minimum absolute atomic E-state index is 0.183. The fourth-order valence-electron chi connectivity index (χ4n) is 1.97. The van der Waals surface area contributed by atoms with Gasteiger partial charge in [-0.25, -0.2) is 4.31 Å². The lowest BCUT2D eigenvalue weighted by molar-refractivity contribution is -0.126. The molecule has 0 aromatic carbocycles. The molecule has 0 aromatic heterocycles. The number of carbonyl (C=O) groups is 1. The number of hydrogen-bond donors (Lipinski definition) is 1. The number of allylic oxidation sites excluding steroid dienone is 1. The Morgan fingerprint density at radius 3 is 2.94 bits per heavy atom. The molecule has 1 rings (SSSR count). The third-order valence-corrected chi connectivity index (χ3v) is 4.43. The zero-order valence-electron chi connectivity index (χ0n) is 10.1. The number of unbranched alkanes of at least 4 members (excludes halogenated alkanes) is 2. The fraction of sp³-hybridized carbons (Fsp3) is 0.750. The molecule has 0 spiro atoms. The van der Waals surface area contributed by atoms with Gasteiger partial charge in [0.1, 0.15) is 0 Å². The van der Waals surface area contributed by atoms with E-state index in [2.05, 4.69) is 17.8 Å². The number of primary amides is 1. The molecule has 3 nitrogen and oxygen atoms in total. The summed E-state index contributed by atoms with van der Waals surface area (Å²) in [6.07, 6.45) is 6.18. The smallest absolute Gasteiger partial charge is 0.226 e. The van der Waals surface area contributed by atoms with Crippen LogP contribution in [-0.2, 0) is 4.79 Å². The maximum Gasteiger partial charge on any atom is 0.226 e. The van der Waals surface area contributed by atoms with Crippen LogP contribution in [0.1, 0.15) is 32.6 Å². The van der Waals surface area contributed by atoms with Crippen LogP contribution in [0, 0.1) is 5.41 Å². The van der Waals surface area contributed by atoms with Gasteiger partial charge in [0.05, 0.1) is 5.41 Å². The number of nitrogens with zero attached hydrogens (tertiary/aromatic N) is 1. The first-order valence-corrected chi connectivity index (χ1v) is 6.87. The van der Waals surface area contributed by atoms with Gasteiger partial charge in [0.2, 0.25) is 5.91 Å². The normalized spacial score (nSPS) is 25.8. The molecule has 2 N–H and O–H groups in total. The summed E-state index contributed by atoms with van der Waals surface area (Å²) in [6.45, 7) is 7.75. The molecule has 92 valence electrons. The topological polar surface area (TPSA) is 46.3 Å². The molecule has 16 heavy (non-hydrogen) atoms. The molecule has 0 aliphatic carbocycles. The van der Waals surface area contributed by atoms with E-state index in [1.165, 1.54) is 19.3 Å². The van der Waals surface area contributed by atoms with Gasteiger partial charge >= 0.3 is 0 Å². The van der Waals surface area contributed by atoms with Crippen LogP contribution in [-0.4, -0.2) is 29.1 Å². The molecule has 1 atom stereocenters. The van der Waals surface area contributed by atoms with E-state index in [1.807, 2.05) is 0 Å². The monoisotopic (exact) mass is 242 g/mol. The van der Waals surface area contributed by atoms with Gasteiger partial charge in [-0.1, -0.05) is 37.8 Å². The summed E-state index contributed by atoms with van der Waals surface area (Å²) in [5.74, 6) is 0.624. The molecule has 1 saturated heterocycles. The van der Waals surface area contributed by atoms with Crippen molar-refractivity contribution in [2.45, 2.75) is 32.6 Å². The molecule has 1 unspecified atom stereocenters. The summed E-state index contributed by atoms with van der Waals surface area (Å²) in [4.78, 5) is 11.5. The van der Waals surface area contributed by atoms with Crippen LogP contribution in [0.15, 0.2) is 12.7 Å². The Morgan fingerprint density at radius 1 is 1.62 bits per heavy atom. The Hall–Kier alpha value is -0.480. The summed E-state index contributed by atoms with van der Waals surface area (Å²) in [5.41, 5.74) is 5.13. The molecule has 0 radical (unpaired) electrons. The third kappa shape index (κ3) is 3.25. The molecule has 1 fully saturated rings. The van der Waals surface area contributed by atoms with Crippen LogP contribution in [0.3, 0.4) is 0 Å². The minimum Gasteiger partial charge on any atom is -0.369 e. The second-order valence-corrected chi connectivity index (χ2v) is 5.54. The molecular weight excluding hydrogens is 220 g/mol. The van der Waals surface area contributed by atoms with E-state index in [0.29, 0.717) is 6.42 Å². The van der Waals surface area contributed by atoms with Crippen LogP contribution in [0.4, 0.5) is 0 Å². The van der Waals surface area contributed by atoms with E-state index in [0.717, 1.165) is 18.8 Å². The van der Waals surface area contributed by atoms with Crippen molar-refractivity contribution in [1.29, 1.82) is 0 Å². The van der Waals surface area contributed by atoms with Crippen molar-refractivity contribution in [2.75, 3.05) is 18.8 Å². The van der Waals surface area contributed by atoms with Crippen molar-refractivity contribution in [1.82, 2.24) is 4.31 Å². The highest BCUT2D eigenvalue weighted by Crippen LogP contribution is 2.38. The molecule has 0 saturated carbocycles. The predicted molar refractivity (Wildman–Crippen MR) is 70.0 cm³/mol. The lowest BCUT2D eigenvalue weighted by Crippen LogP contribution is -2.41. The van der Waals surface area contributed by atoms with E-state index in [4.69, 9.17) is 5.73 Å². The van der Waals surface area contributed by atoms with Crippen LogP contribution < -0.4 is 5.73 Å². The summed E-state index contributed by atoms with van der Waals surface area (Å²) in [7, 11) is 0. The first kappa shape index (κ1) is 13.6. The van der Waals surface area contributed by atoms with Crippen molar-refractivity contribution in [3.63, 3.8) is 0 Å². The van der Waals surface area contributed by atoms with Crippen LogP contribution >= 0.6 is 11.9 Å². The van der Waals surface area contributed by atoms with Crippen molar-refractivity contribution in [3.8, 4) is 0 Å². The third-order valence-electron chi connectivity index (χ3n) is 3.07. The van der Waals surface area contributed by atoms with Crippen LogP contribution in [0.25, 0.3) is 0 Å². The zero-order chi connectivity index (χ0) is 12.0. The van der Waals surface area contributed by atoms with Crippen molar-refractivity contribution in [3.05, 3.63) is 12.7 Å². The lowest BCUT2D eigenvalue weighted by atomic mass is 9.85. The average Bonchev–Trinajstić information content (AvgIpc) is 2.64. The molecule has 0 aromatic rings. The molecular formula is C12H22N2OS. The molecule has 0 bridgehead atoms. The summed E-state index contributed by atoms with van der Waals surface area (Å²) < 4.78 is 2.28. The highest BCUT2D eigenvalue weighted by Gasteiger charge is 2.42. The van der Waals surface area contributed by atoms with Crippen molar-refractivity contribution in [2.24, 2.45) is 11.1 Å². The molecule has 1 aliphatic rings. The Kier molecular flexibility index (Phi) is 5.35. The first-order chi connectivity index (χ1) is 7.64. The van der Waals surface area contributed by atoms with Crippen molar-refractivity contribution >= 4 is 17.9 Å². The van der Waals surface area contributed by atoms with Gasteiger partial charge in [0.15, 0.2) is 0 Å². The van der Waals surface area contributed by atoms with E-state index >= 15 is 0 Å². The lowest BCUT2D eigenvalue weighted by Gasteiger charge is -2.23. The molecule has 1 amide bonds. The Balaban J connectivity index is 2.46. The fourth-order valence-corrected chi connectivity index (χ4v) is 3.35. The number of rotatable bonds is 7. The molecule has 1 heterocycles. The first-order valence-electron chi connectivity index (χ1n) is 5.93. The highest BCUT2D eigenvalue weighted by molar-refractivity contribution is 7.97. The second kappa shape index (κ2) is 6.30. The van der Waals surface area contributed by atoms with E-state index in [-0.39, 0.29) is 11.3 Å².